The third-order valence-electron chi connectivity index (χ3n) is 5.23. The van der Waals surface area contributed by atoms with Gasteiger partial charge in [0, 0.05) is 18.0 Å². The molecule has 1 saturated heterocycles. The number of carbonyl (C=O) groups excluding carboxylic acids is 1. The third-order valence-corrected chi connectivity index (χ3v) is 5.23. The van der Waals surface area contributed by atoms with Crippen LogP contribution in [0.2, 0.25) is 0 Å². The SMILES string of the molecule is Cc1cc2c(cc1C)C(c1cccc(C3(C(F)(F)F)NN3)c1)CC(=O)N2. The number of anilines is 1. The zero-order valence-corrected chi connectivity index (χ0v) is 14.3. The number of fused-ring (bicyclic) bond motifs is 1. The number of aryl methyl sites for hydroxylation is 2. The third kappa shape index (κ3) is 2.59. The van der Waals surface area contributed by atoms with E-state index in [1.807, 2.05) is 26.0 Å². The average molecular weight is 361 g/mol. The quantitative estimate of drug-likeness (QED) is 0.716. The molecule has 2 aromatic rings. The summed E-state index contributed by atoms with van der Waals surface area (Å²) in [7, 11) is 0. The molecular weight excluding hydrogens is 343 g/mol. The Morgan fingerprint density at radius 1 is 1.08 bits per heavy atom. The van der Waals surface area contributed by atoms with Crippen molar-refractivity contribution in [3.8, 4) is 0 Å². The zero-order chi connectivity index (χ0) is 18.7. The van der Waals surface area contributed by atoms with E-state index < -0.39 is 11.8 Å². The van der Waals surface area contributed by atoms with Crippen LogP contribution in [-0.4, -0.2) is 12.1 Å². The molecule has 1 fully saturated rings. The number of rotatable bonds is 2. The number of benzene rings is 2. The van der Waals surface area contributed by atoms with Crippen molar-refractivity contribution in [1.82, 2.24) is 10.9 Å². The average Bonchev–Trinajstić information content (AvgIpc) is 3.37. The number of carbonyl (C=O) groups is 1. The predicted octanol–water partition coefficient (Wildman–Crippen LogP) is 3.60. The van der Waals surface area contributed by atoms with Gasteiger partial charge in [0.15, 0.2) is 0 Å². The van der Waals surface area contributed by atoms with E-state index in [1.54, 1.807) is 12.1 Å². The Bertz CT molecular complexity index is 903. The standard InChI is InChI=1S/C19H18F3N3O/c1-10-6-15-14(9-17(26)23-16(15)7-11(10)2)12-4-3-5-13(8-12)18(24-25-18)19(20,21)22/h3-8,14,24-25H,9H2,1-2H3,(H,23,26). The molecule has 26 heavy (non-hydrogen) atoms. The van der Waals surface area contributed by atoms with Gasteiger partial charge in [-0.25, -0.2) is 10.9 Å². The highest BCUT2D eigenvalue weighted by Gasteiger charge is 2.65. The molecule has 7 heteroatoms. The van der Waals surface area contributed by atoms with Crippen molar-refractivity contribution < 1.29 is 18.0 Å². The van der Waals surface area contributed by atoms with Gasteiger partial charge in [0.25, 0.3) is 0 Å². The smallest absolute Gasteiger partial charge is 0.326 e. The molecule has 136 valence electrons. The first-order valence-electron chi connectivity index (χ1n) is 8.34. The molecule has 0 bridgehead atoms. The number of hydrogen-bond acceptors (Lipinski definition) is 3. The van der Waals surface area contributed by atoms with Gasteiger partial charge in [0.05, 0.1) is 0 Å². The molecule has 4 rings (SSSR count). The van der Waals surface area contributed by atoms with Gasteiger partial charge in [-0.1, -0.05) is 30.3 Å². The van der Waals surface area contributed by atoms with E-state index in [0.29, 0.717) is 5.56 Å². The van der Waals surface area contributed by atoms with Gasteiger partial charge >= 0.3 is 6.18 Å². The van der Waals surface area contributed by atoms with Gasteiger partial charge in [0.1, 0.15) is 0 Å². The molecule has 0 radical (unpaired) electrons. The topological polar surface area (TPSA) is 73.0 Å². The maximum Gasteiger partial charge on any atom is 0.426 e. The Hall–Kier alpha value is -2.38. The van der Waals surface area contributed by atoms with Crippen molar-refractivity contribution in [1.29, 1.82) is 0 Å². The molecule has 2 aliphatic heterocycles. The van der Waals surface area contributed by atoms with Crippen LogP contribution in [0.3, 0.4) is 0 Å². The van der Waals surface area contributed by atoms with Crippen LogP contribution in [0.4, 0.5) is 18.9 Å². The molecule has 1 amide bonds. The van der Waals surface area contributed by atoms with Crippen LogP contribution in [0.5, 0.6) is 0 Å². The van der Waals surface area contributed by atoms with Crippen molar-refractivity contribution >= 4 is 11.6 Å². The van der Waals surface area contributed by atoms with Gasteiger partial charge in [0.2, 0.25) is 11.6 Å². The lowest BCUT2D eigenvalue weighted by atomic mass is 9.82. The maximum absolute atomic E-state index is 13.4. The second kappa shape index (κ2) is 5.56. The lowest BCUT2D eigenvalue weighted by Gasteiger charge is -2.28. The minimum Gasteiger partial charge on any atom is -0.326 e. The van der Waals surface area contributed by atoms with Crippen LogP contribution in [0, 0.1) is 13.8 Å². The summed E-state index contributed by atoms with van der Waals surface area (Å²) in [6, 6.07) is 10.3. The van der Waals surface area contributed by atoms with Crippen LogP contribution < -0.4 is 16.2 Å². The van der Waals surface area contributed by atoms with Crippen LogP contribution in [0.1, 0.15) is 40.2 Å². The van der Waals surface area contributed by atoms with Gasteiger partial charge in [-0.05, 0) is 47.7 Å². The van der Waals surface area contributed by atoms with Crippen molar-refractivity contribution in [2.24, 2.45) is 0 Å². The Balaban J connectivity index is 1.79. The summed E-state index contributed by atoms with van der Waals surface area (Å²) in [5.74, 6) is -0.411. The van der Waals surface area contributed by atoms with E-state index in [-0.39, 0.29) is 23.8 Å². The lowest BCUT2D eigenvalue weighted by Crippen LogP contribution is -2.35. The molecule has 1 atom stereocenters. The molecular formula is C19H18F3N3O. The van der Waals surface area contributed by atoms with Crippen molar-refractivity contribution in [2.45, 2.75) is 38.0 Å². The van der Waals surface area contributed by atoms with E-state index in [2.05, 4.69) is 16.2 Å². The number of halogens is 3. The summed E-state index contributed by atoms with van der Waals surface area (Å²) in [6.07, 6.45) is -4.25. The van der Waals surface area contributed by atoms with Gasteiger partial charge in [-0.2, -0.15) is 13.2 Å². The Labute approximate surface area is 148 Å². The van der Waals surface area contributed by atoms with Gasteiger partial charge in [-0.3, -0.25) is 4.79 Å². The highest BCUT2D eigenvalue weighted by Crippen LogP contribution is 2.44. The zero-order valence-electron chi connectivity index (χ0n) is 14.3. The van der Waals surface area contributed by atoms with Crippen LogP contribution in [0.15, 0.2) is 36.4 Å². The van der Waals surface area contributed by atoms with E-state index >= 15 is 0 Å². The fourth-order valence-corrected chi connectivity index (χ4v) is 3.53. The Morgan fingerprint density at radius 2 is 1.77 bits per heavy atom. The van der Waals surface area contributed by atoms with E-state index in [1.165, 1.54) is 12.1 Å². The van der Waals surface area contributed by atoms with Crippen molar-refractivity contribution in [3.63, 3.8) is 0 Å². The second-order valence-electron chi connectivity index (χ2n) is 6.95. The summed E-state index contributed by atoms with van der Waals surface area (Å²) < 4.78 is 40.1. The first kappa shape index (κ1) is 17.1. The Morgan fingerprint density at radius 3 is 2.42 bits per heavy atom. The summed E-state index contributed by atoms with van der Waals surface area (Å²) in [5.41, 5.74) is 6.84. The number of amides is 1. The van der Waals surface area contributed by atoms with E-state index in [0.717, 1.165) is 22.4 Å². The highest BCUT2D eigenvalue weighted by atomic mass is 19.4. The van der Waals surface area contributed by atoms with Gasteiger partial charge in [-0.15, -0.1) is 0 Å². The molecule has 0 saturated carbocycles. The first-order valence-corrected chi connectivity index (χ1v) is 8.34. The molecule has 2 aromatic carbocycles. The number of hydrogen-bond donors (Lipinski definition) is 3. The minimum absolute atomic E-state index is 0.0962. The van der Waals surface area contributed by atoms with Gasteiger partial charge < -0.3 is 5.32 Å². The van der Waals surface area contributed by atoms with E-state index in [4.69, 9.17) is 0 Å². The molecule has 0 aromatic heterocycles. The van der Waals surface area contributed by atoms with Crippen LogP contribution in [0.25, 0.3) is 0 Å². The first-order chi connectivity index (χ1) is 12.2. The Kier molecular flexibility index (Phi) is 3.65. The predicted molar refractivity (Wildman–Crippen MR) is 91.5 cm³/mol. The minimum atomic E-state index is -4.46. The number of hydrazine groups is 1. The number of nitrogens with one attached hydrogen (secondary N) is 3. The molecule has 2 heterocycles. The van der Waals surface area contributed by atoms with Crippen LogP contribution >= 0.6 is 0 Å². The monoisotopic (exact) mass is 361 g/mol. The maximum atomic E-state index is 13.4. The fourth-order valence-electron chi connectivity index (χ4n) is 3.53. The summed E-state index contributed by atoms with van der Waals surface area (Å²) >= 11 is 0. The van der Waals surface area contributed by atoms with Crippen molar-refractivity contribution in [2.75, 3.05) is 5.32 Å². The second-order valence-corrected chi connectivity index (χ2v) is 6.95. The summed E-state index contributed by atoms with van der Waals surface area (Å²) in [5, 5.41) is 2.87. The summed E-state index contributed by atoms with van der Waals surface area (Å²) in [6.45, 7) is 3.94. The fraction of sp³-hybridized carbons (Fsp3) is 0.316. The van der Waals surface area contributed by atoms with E-state index in [9.17, 15) is 18.0 Å². The van der Waals surface area contributed by atoms with Crippen molar-refractivity contribution in [3.05, 3.63) is 64.2 Å². The molecule has 1 unspecified atom stereocenters. The largest absolute Gasteiger partial charge is 0.426 e. The molecule has 0 spiro atoms. The molecule has 0 aliphatic carbocycles. The normalized spacial score (nSPS) is 21.1. The molecule has 4 nitrogen and oxygen atoms in total. The lowest BCUT2D eigenvalue weighted by molar-refractivity contribution is -0.165. The summed E-state index contributed by atoms with van der Waals surface area (Å²) in [4.78, 5) is 12.1. The number of alkyl halides is 3. The van der Waals surface area contributed by atoms with Crippen LogP contribution in [-0.2, 0) is 10.5 Å². The highest BCUT2D eigenvalue weighted by molar-refractivity contribution is 5.95. The molecule has 2 aliphatic rings. The molecule has 3 N–H and O–H groups in total.